The molecule has 182 valence electrons. The van der Waals surface area contributed by atoms with Gasteiger partial charge in [-0.2, -0.15) is 5.26 Å². The fourth-order valence-corrected chi connectivity index (χ4v) is 6.07. The molecule has 0 bridgehead atoms. The van der Waals surface area contributed by atoms with Crippen molar-refractivity contribution in [2.45, 2.75) is 24.0 Å². The lowest BCUT2D eigenvalue weighted by molar-refractivity contribution is 0.589. The average Bonchev–Trinajstić information content (AvgIpc) is 2.91. The molecule has 0 N–H and O–H groups in total. The van der Waals surface area contributed by atoms with E-state index in [2.05, 4.69) is 41.8 Å². The number of nitrogens with zero attached hydrogens (tertiary/aromatic N) is 5. The number of anilines is 2. The first-order valence-electron chi connectivity index (χ1n) is 11.9. The number of para-hydroxylation sites is 2. The molecule has 0 aliphatic carbocycles. The van der Waals surface area contributed by atoms with E-state index in [4.69, 9.17) is 9.97 Å². The van der Waals surface area contributed by atoms with Crippen molar-refractivity contribution in [2.24, 2.45) is 0 Å². The zero-order valence-electron chi connectivity index (χ0n) is 20.3. The topological polar surface area (TPSA) is 90.2 Å². The lowest BCUT2D eigenvalue weighted by Crippen LogP contribution is -2.47. The molecule has 4 aromatic rings. The van der Waals surface area contributed by atoms with E-state index in [-0.39, 0.29) is 10.6 Å². The monoisotopic (exact) mass is 497 g/mol. The summed E-state index contributed by atoms with van der Waals surface area (Å²) >= 11 is 0. The van der Waals surface area contributed by atoms with Gasteiger partial charge >= 0.3 is 0 Å². The van der Waals surface area contributed by atoms with E-state index in [1.807, 2.05) is 24.3 Å². The Labute approximate surface area is 211 Å². The highest BCUT2D eigenvalue weighted by molar-refractivity contribution is 7.92. The molecule has 1 unspecified atom stereocenters. The van der Waals surface area contributed by atoms with Crippen LogP contribution in [0.25, 0.3) is 11.0 Å². The number of piperazine rings is 1. The number of aromatic nitrogens is 2. The van der Waals surface area contributed by atoms with Crippen LogP contribution < -0.4 is 9.80 Å². The van der Waals surface area contributed by atoms with Gasteiger partial charge in [-0.15, -0.1) is 0 Å². The quantitative estimate of drug-likeness (QED) is 0.398. The van der Waals surface area contributed by atoms with Crippen LogP contribution in [0.1, 0.15) is 22.1 Å². The Kier molecular flexibility index (Phi) is 6.33. The van der Waals surface area contributed by atoms with Crippen LogP contribution in [0.2, 0.25) is 0 Å². The van der Waals surface area contributed by atoms with Crippen molar-refractivity contribution in [3.8, 4) is 6.07 Å². The predicted octanol–water partition coefficient (Wildman–Crippen LogP) is 4.61. The third kappa shape index (κ3) is 4.27. The lowest BCUT2D eigenvalue weighted by atomic mass is 10.1. The highest BCUT2D eigenvalue weighted by Gasteiger charge is 2.35. The van der Waals surface area contributed by atoms with Crippen molar-refractivity contribution in [1.82, 2.24) is 9.97 Å². The molecule has 0 amide bonds. The number of nitriles is 1. The molecule has 3 aromatic carbocycles. The molecule has 7 nitrogen and oxygen atoms in total. The Morgan fingerprint density at radius 2 is 1.42 bits per heavy atom. The van der Waals surface area contributed by atoms with Gasteiger partial charge < -0.3 is 9.80 Å². The fraction of sp³-hybridized carbons (Fsp3) is 0.250. The van der Waals surface area contributed by atoms with Crippen LogP contribution in [-0.2, 0) is 9.84 Å². The number of sulfone groups is 1. The maximum Gasteiger partial charge on any atom is 0.200 e. The number of benzene rings is 3. The lowest BCUT2D eigenvalue weighted by Gasteiger charge is -2.38. The maximum atomic E-state index is 13.5. The second-order valence-electron chi connectivity index (χ2n) is 8.98. The Hall–Kier alpha value is -3.96. The van der Waals surface area contributed by atoms with E-state index < -0.39 is 15.1 Å². The van der Waals surface area contributed by atoms with E-state index in [0.717, 1.165) is 13.1 Å². The number of hydrogen-bond acceptors (Lipinski definition) is 7. The number of fused-ring (bicyclic) bond motifs is 1. The van der Waals surface area contributed by atoms with Gasteiger partial charge in [0.1, 0.15) is 5.69 Å². The number of aryl methyl sites for hydroxylation is 1. The SMILES string of the molecule is Cc1cccc(N2CCN(c3nc4ccccc4nc3C(C#N)S(=O)(=O)c3ccccc3)CC2)c1C. The van der Waals surface area contributed by atoms with Crippen molar-refractivity contribution in [3.63, 3.8) is 0 Å². The molecule has 0 radical (unpaired) electrons. The normalized spacial score (nSPS) is 15.0. The van der Waals surface area contributed by atoms with E-state index in [1.165, 1.54) is 28.9 Å². The van der Waals surface area contributed by atoms with E-state index in [1.54, 1.807) is 24.3 Å². The molecule has 0 spiro atoms. The molecule has 1 aromatic heterocycles. The summed E-state index contributed by atoms with van der Waals surface area (Å²) < 4.78 is 27.0. The molecule has 8 heteroatoms. The molecule has 1 atom stereocenters. The summed E-state index contributed by atoms with van der Waals surface area (Å²) in [6, 6.07) is 23.8. The summed E-state index contributed by atoms with van der Waals surface area (Å²) in [7, 11) is -4.00. The predicted molar refractivity (Wildman–Crippen MR) is 142 cm³/mol. The van der Waals surface area contributed by atoms with Crippen LogP contribution in [0.3, 0.4) is 0 Å². The van der Waals surface area contributed by atoms with Crippen LogP contribution in [0.15, 0.2) is 77.7 Å². The van der Waals surface area contributed by atoms with Gasteiger partial charge in [-0.05, 0) is 55.3 Å². The maximum absolute atomic E-state index is 13.5. The number of rotatable bonds is 5. The Bertz CT molecular complexity index is 1560. The van der Waals surface area contributed by atoms with Gasteiger partial charge in [-0.3, -0.25) is 0 Å². The van der Waals surface area contributed by atoms with Crippen molar-refractivity contribution >= 4 is 32.4 Å². The van der Waals surface area contributed by atoms with Gasteiger partial charge in [-0.1, -0.05) is 42.5 Å². The molecule has 2 heterocycles. The average molecular weight is 498 g/mol. The molecular weight excluding hydrogens is 470 g/mol. The highest BCUT2D eigenvalue weighted by Crippen LogP contribution is 2.34. The van der Waals surface area contributed by atoms with Crippen LogP contribution in [0.4, 0.5) is 11.5 Å². The fourth-order valence-electron chi connectivity index (χ4n) is 4.67. The van der Waals surface area contributed by atoms with Crippen molar-refractivity contribution in [3.05, 3.63) is 89.6 Å². The first-order valence-corrected chi connectivity index (χ1v) is 13.5. The Morgan fingerprint density at radius 1 is 0.806 bits per heavy atom. The first-order chi connectivity index (χ1) is 17.4. The zero-order chi connectivity index (χ0) is 25.3. The number of hydrogen-bond donors (Lipinski definition) is 0. The minimum atomic E-state index is -4.00. The van der Waals surface area contributed by atoms with Crippen molar-refractivity contribution < 1.29 is 8.42 Å². The highest BCUT2D eigenvalue weighted by atomic mass is 32.2. The molecule has 0 saturated carbocycles. The van der Waals surface area contributed by atoms with Gasteiger partial charge in [0, 0.05) is 31.9 Å². The third-order valence-corrected chi connectivity index (χ3v) is 8.70. The minimum Gasteiger partial charge on any atom is -0.368 e. The van der Waals surface area contributed by atoms with Gasteiger partial charge in [0.15, 0.2) is 11.1 Å². The summed E-state index contributed by atoms with van der Waals surface area (Å²) in [5.74, 6) is 0.459. The molecule has 1 fully saturated rings. The summed E-state index contributed by atoms with van der Waals surface area (Å²) in [6.45, 7) is 7.02. The molecule has 1 aliphatic rings. The molecule has 1 aliphatic heterocycles. The molecule has 36 heavy (non-hydrogen) atoms. The minimum absolute atomic E-state index is 0.0946. The van der Waals surface area contributed by atoms with E-state index in [9.17, 15) is 13.7 Å². The van der Waals surface area contributed by atoms with Crippen molar-refractivity contribution in [2.75, 3.05) is 36.0 Å². The van der Waals surface area contributed by atoms with Gasteiger partial charge in [0.25, 0.3) is 0 Å². The van der Waals surface area contributed by atoms with E-state index in [0.29, 0.717) is 29.9 Å². The standard InChI is InChI=1S/C28H27N5O2S/c1-20-9-8-14-25(21(20)2)32-15-17-33(18-16-32)28-27(30-23-12-6-7-13-24(23)31-28)26(19-29)36(34,35)22-10-4-3-5-11-22/h3-14,26H,15-18H2,1-2H3. The summed E-state index contributed by atoms with van der Waals surface area (Å²) in [4.78, 5) is 14.0. The van der Waals surface area contributed by atoms with Crippen molar-refractivity contribution in [1.29, 1.82) is 5.26 Å². The second kappa shape index (κ2) is 9.59. The molecular formula is C28H27N5O2S. The summed E-state index contributed by atoms with van der Waals surface area (Å²) in [5.41, 5.74) is 5.13. The van der Waals surface area contributed by atoms with Crippen LogP contribution in [0, 0.1) is 25.2 Å². The van der Waals surface area contributed by atoms with Gasteiger partial charge in [0.2, 0.25) is 9.84 Å². The van der Waals surface area contributed by atoms with Crippen LogP contribution in [0.5, 0.6) is 0 Å². The zero-order valence-corrected chi connectivity index (χ0v) is 21.1. The van der Waals surface area contributed by atoms with Crippen LogP contribution >= 0.6 is 0 Å². The third-order valence-electron chi connectivity index (χ3n) is 6.82. The van der Waals surface area contributed by atoms with Crippen LogP contribution in [-0.4, -0.2) is 44.6 Å². The Balaban J connectivity index is 1.54. The smallest absolute Gasteiger partial charge is 0.200 e. The largest absolute Gasteiger partial charge is 0.368 e. The van der Waals surface area contributed by atoms with Gasteiger partial charge in [-0.25, -0.2) is 18.4 Å². The molecule has 5 rings (SSSR count). The first kappa shape index (κ1) is 23.8. The van der Waals surface area contributed by atoms with Gasteiger partial charge in [0.05, 0.1) is 22.0 Å². The summed E-state index contributed by atoms with van der Waals surface area (Å²) in [5, 5.41) is 8.63. The summed E-state index contributed by atoms with van der Waals surface area (Å²) in [6.07, 6.45) is 0. The van der Waals surface area contributed by atoms with E-state index >= 15 is 0 Å². The molecule has 1 saturated heterocycles. The Morgan fingerprint density at radius 3 is 2.08 bits per heavy atom. The second-order valence-corrected chi connectivity index (χ2v) is 11.0.